The van der Waals surface area contributed by atoms with Crippen molar-refractivity contribution in [3.8, 4) is 0 Å². The summed E-state index contributed by atoms with van der Waals surface area (Å²) in [6.07, 6.45) is 1.19. The van der Waals surface area contributed by atoms with E-state index in [1.54, 1.807) is 20.9 Å². The number of carbonyl (C=O) groups excluding carboxylic acids is 3. The maximum absolute atomic E-state index is 13.0. The fourth-order valence-corrected chi connectivity index (χ4v) is 3.02. The van der Waals surface area contributed by atoms with Crippen molar-refractivity contribution < 1.29 is 18.8 Å². The first-order chi connectivity index (χ1) is 13.2. The first-order valence-electron chi connectivity index (χ1n) is 9.24. The van der Waals surface area contributed by atoms with Gasteiger partial charge in [-0.2, -0.15) is 0 Å². The van der Waals surface area contributed by atoms with Gasteiger partial charge >= 0.3 is 0 Å². The van der Waals surface area contributed by atoms with Gasteiger partial charge in [0.15, 0.2) is 0 Å². The van der Waals surface area contributed by atoms with Crippen molar-refractivity contribution in [3.63, 3.8) is 0 Å². The summed E-state index contributed by atoms with van der Waals surface area (Å²) in [4.78, 5) is 39.4. The first-order valence-corrected chi connectivity index (χ1v) is 9.24. The lowest BCUT2D eigenvalue weighted by molar-refractivity contribution is -0.139. The molecule has 8 heteroatoms. The molecule has 0 spiro atoms. The molecule has 3 amide bonds. The number of likely N-dealkylation sites (tertiary alicyclic amines) is 1. The van der Waals surface area contributed by atoms with Gasteiger partial charge in [-0.1, -0.05) is 6.58 Å². The Hall–Kier alpha value is -2.74. The molecule has 1 heterocycles. The van der Waals surface area contributed by atoms with Crippen LogP contribution in [0.3, 0.4) is 0 Å². The molecule has 1 aliphatic rings. The van der Waals surface area contributed by atoms with Crippen molar-refractivity contribution in [1.29, 1.82) is 0 Å². The molecule has 0 bridgehead atoms. The monoisotopic (exact) mass is 390 g/mol. The third kappa shape index (κ3) is 5.16. The van der Waals surface area contributed by atoms with Crippen molar-refractivity contribution in [2.45, 2.75) is 44.8 Å². The highest BCUT2D eigenvalue weighted by molar-refractivity contribution is 5.99. The summed E-state index contributed by atoms with van der Waals surface area (Å²) in [7, 11) is 1.65. The summed E-state index contributed by atoms with van der Waals surface area (Å²) in [6, 6.07) is 3.41. The van der Waals surface area contributed by atoms with Crippen LogP contribution in [0.5, 0.6) is 0 Å². The highest BCUT2D eigenvalue weighted by Gasteiger charge is 2.38. The van der Waals surface area contributed by atoms with E-state index in [0.717, 1.165) is 0 Å². The molecular formula is C20H27FN4O3. The maximum Gasteiger partial charge on any atom is 0.250 e. The van der Waals surface area contributed by atoms with Gasteiger partial charge in [-0.15, -0.1) is 0 Å². The number of hydrogen-bond acceptors (Lipinski definition) is 4. The van der Waals surface area contributed by atoms with Gasteiger partial charge in [0.25, 0.3) is 0 Å². The minimum Gasteiger partial charge on any atom is -0.339 e. The number of nitrogens with zero attached hydrogens (tertiary/aromatic N) is 1. The van der Waals surface area contributed by atoms with Crippen LogP contribution in [0.2, 0.25) is 0 Å². The van der Waals surface area contributed by atoms with Crippen molar-refractivity contribution in [2.75, 3.05) is 18.9 Å². The standard InChI is InChI=1S/C20H27FN4O3/c1-12(2)17(24-18(26)13(3)22-4)20(28)25-11-5-6-16(25)19(27)23-15-9-7-14(21)8-10-15/h7-10,13,16-17,22H,1,5-6,11H2,2-4H3,(H,23,27)(H,24,26)/t13-,16-,17-/m0/s1. The zero-order chi connectivity index (χ0) is 20.8. The molecule has 0 aromatic heterocycles. The number of likely N-dealkylation sites (N-methyl/N-ethyl adjacent to an activating group) is 1. The lowest BCUT2D eigenvalue weighted by Crippen LogP contribution is -2.55. The zero-order valence-electron chi connectivity index (χ0n) is 16.4. The third-order valence-electron chi connectivity index (χ3n) is 4.80. The Bertz CT molecular complexity index is 750. The topological polar surface area (TPSA) is 90.5 Å². The second kappa shape index (κ2) is 9.45. The number of amides is 3. The van der Waals surface area contributed by atoms with Crippen LogP contribution in [0.4, 0.5) is 10.1 Å². The van der Waals surface area contributed by atoms with E-state index in [0.29, 0.717) is 30.6 Å². The number of benzene rings is 1. The molecule has 7 nitrogen and oxygen atoms in total. The molecule has 0 aliphatic carbocycles. The fraction of sp³-hybridized carbons (Fsp3) is 0.450. The average Bonchev–Trinajstić information content (AvgIpc) is 3.16. The van der Waals surface area contributed by atoms with E-state index in [1.165, 1.54) is 29.2 Å². The average molecular weight is 390 g/mol. The molecule has 28 heavy (non-hydrogen) atoms. The van der Waals surface area contributed by atoms with Crippen molar-refractivity contribution in [3.05, 3.63) is 42.2 Å². The molecular weight excluding hydrogens is 363 g/mol. The van der Waals surface area contributed by atoms with Crippen LogP contribution >= 0.6 is 0 Å². The Labute approximate surface area is 164 Å². The number of halogens is 1. The van der Waals surface area contributed by atoms with Gasteiger partial charge in [0.05, 0.1) is 6.04 Å². The summed E-state index contributed by atoms with van der Waals surface area (Å²) in [5.74, 6) is -1.42. The molecule has 1 aromatic rings. The Morgan fingerprint density at radius 2 is 1.89 bits per heavy atom. The molecule has 1 aromatic carbocycles. The van der Waals surface area contributed by atoms with E-state index in [9.17, 15) is 18.8 Å². The number of rotatable bonds is 7. The molecule has 0 unspecified atom stereocenters. The smallest absolute Gasteiger partial charge is 0.250 e. The van der Waals surface area contributed by atoms with Crippen molar-refractivity contribution in [1.82, 2.24) is 15.5 Å². The second-order valence-electron chi connectivity index (χ2n) is 6.98. The molecule has 3 atom stereocenters. The Balaban J connectivity index is 2.10. The summed E-state index contributed by atoms with van der Waals surface area (Å²) in [6.45, 7) is 7.58. The van der Waals surface area contributed by atoms with Crippen LogP contribution < -0.4 is 16.0 Å². The minimum atomic E-state index is -0.900. The van der Waals surface area contributed by atoms with Gasteiger partial charge in [-0.3, -0.25) is 14.4 Å². The SMILES string of the molecule is C=C(C)[C@H](NC(=O)[C@H](C)NC)C(=O)N1CCC[C@H]1C(=O)Nc1ccc(F)cc1. The van der Waals surface area contributed by atoms with Crippen LogP contribution in [0.1, 0.15) is 26.7 Å². The molecule has 152 valence electrons. The van der Waals surface area contributed by atoms with Crippen molar-refractivity contribution >= 4 is 23.4 Å². The fourth-order valence-electron chi connectivity index (χ4n) is 3.02. The Kier molecular flexibility index (Phi) is 7.28. The highest BCUT2D eigenvalue weighted by Crippen LogP contribution is 2.21. The molecule has 2 rings (SSSR count). The van der Waals surface area contributed by atoms with Gasteiger partial charge < -0.3 is 20.9 Å². The predicted octanol–water partition coefficient (Wildman–Crippen LogP) is 1.42. The second-order valence-corrected chi connectivity index (χ2v) is 6.98. The summed E-state index contributed by atoms with van der Waals surface area (Å²) < 4.78 is 13.0. The number of hydrogen-bond donors (Lipinski definition) is 3. The molecule has 1 fully saturated rings. The van der Waals surface area contributed by atoms with E-state index in [-0.39, 0.29) is 17.7 Å². The normalized spacial score (nSPS) is 18.3. The Morgan fingerprint density at radius 1 is 1.25 bits per heavy atom. The number of anilines is 1. The zero-order valence-corrected chi connectivity index (χ0v) is 16.4. The largest absolute Gasteiger partial charge is 0.339 e. The van der Waals surface area contributed by atoms with Gasteiger partial charge in [-0.05, 0) is 63.6 Å². The summed E-state index contributed by atoms with van der Waals surface area (Å²) >= 11 is 0. The molecule has 1 aliphatic heterocycles. The van der Waals surface area contributed by atoms with Gasteiger partial charge in [-0.25, -0.2) is 4.39 Å². The van der Waals surface area contributed by atoms with E-state index in [2.05, 4.69) is 22.5 Å². The van der Waals surface area contributed by atoms with Crippen molar-refractivity contribution in [2.24, 2.45) is 0 Å². The van der Waals surface area contributed by atoms with Gasteiger partial charge in [0.2, 0.25) is 17.7 Å². The number of nitrogens with one attached hydrogen (secondary N) is 3. The lowest BCUT2D eigenvalue weighted by Gasteiger charge is -2.29. The molecule has 3 N–H and O–H groups in total. The minimum absolute atomic E-state index is 0.324. The number of carbonyl (C=O) groups is 3. The summed E-state index contributed by atoms with van der Waals surface area (Å²) in [5.41, 5.74) is 0.949. The molecule has 0 radical (unpaired) electrons. The van der Waals surface area contributed by atoms with E-state index < -0.39 is 23.9 Å². The Morgan fingerprint density at radius 3 is 2.46 bits per heavy atom. The van der Waals surface area contributed by atoms with Gasteiger partial charge in [0, 0.05) is 12.2 Å². The lowest BCUT2D eigenvalue weighted by atomic mass is 10.1. The highest BCUT2D eigenvalue weighted by atomic mass is 19.1. The maximum atomic E-state index is 13.0. The van der Waals surface area contributed by atoms with E-state index >= 15 is 0 Å². The molecule has 1 saturated heterocycles. The van der Waals surface area contributed by atoms with Crippen LogP contribution in [0.25, 0.3) is 0 Å². The molecule has 0 saturated carbocycles. The van der Waals surface area contributed by atoms with E-state index in [4.69, 9.17) is 0 Å². The third-order valence-corrected chi connectivity index (χ3v) is 4.80. The first kappa shape index (κ1) is 21.6. The van der Waals surface area contributed by atoms with Crippen LogP contribution in [-0.4, -0.2) is 54.3 Å². The van der Waals surface area contributed by atoms with Crippen LogP contribution in [0.15, 0.2) is 36.4 Å². The van der Waals surface area contributed by atoms with Gasteiger partial charge in [0.1, 0.15) is 17.9 Å². The van der Waals surface area contributed by atoms with Crippen LogP contribution in [0, 0.1) is 5.82 Å². The van der Waals surface area contributed by atoms with Crippen LogP contribution in [-0.2, 0) is 14.4 Å². The quantitative estimate of drug-likeness (QED) is 0.615. The van der Waals surface area contributed by atoms with E-state index in [1.807, 2.05) is 0 Å². The summed E-state index contributed by atoms with van der Waals surface area (Å²) in [5, 5.41) is 8.22. The predicted molar refractivity (Wildman–Crippen MR) is 105 cm³/mol.